The number of benzene rings is 1. The number of rotatable bonds is 3. The first-order chi connectivity index (χ1) is 9.51. The van der Waals surface area contributed by atoms with Crippen LogP contribution in [0.2, 0.25) is 0 Å². The molecule has 1 amide bonds. The highest BCUT2D eigenvalue weighted by atomic mass is 19.2. The van der Waals surface area contributed by atoms with Crippen molar-refractivity contribution in [3.05, 3.63) is 35.1 Å². The highest BCUT2D eigenvalue weighted by Gasteiger charge is 2.23. The van der Waals surface area contributed by atoms with E-state index in [9.17, 15) is 18.0 Å². The summed E-state index contributed by atoms with van der Waals surface area (Å²) in [6, 6.07) is 1.18. The van der Waals surface area contributed by atoms with Gasteiger partial charge in [0.05, 0.1) is 6.42 Å². The minimum Gasteiger partial charge on any atom is -0.396 e. The number of hydrogen-bond acceptors (Lipinski definition) is 2. The Morgan fingerprint density at radius 3 is 2.35 bits per heavy atom. The Balaban J connectivity index is 2.00. The Labute approximate surface area is 115 Å². The largest absolute Gasteiger partial charge is 0.396 e. The maximum Gasteiger partial charge on any atom is 0.227 e. The second-order valence-electron chi connectivity index (χ2n) is 5.04. The van der Waals surface area contributed by atoms with Crippen LogP contribution < -0.4 is 0 Å². The number of hydrogen-bond donors (Lipinski definition) is 1. The van der Waals surface area contributed by atoms with Crippen LogP contribution in [-0.2, 0) is 11.2 Å². The molecule has 0 bridgehead atoms. The van der Waals surface area contributed by atoms with Gasteiger partial charge in [-0.3, -0.25) is 4.79 Å². The van der Waals surface area contributed by atoms with E-state index in [1.807, 2.05) is 0 Å². The summed E-state index contributed by atoms with van der Waals surface area (Å²) in [5.74, 6) is -3.46. The summed E-state index contributed by atoms with van der Waals surface area (Å²) in [5, 5.41) is 9.01. The first kappa shape index (κ1) is 14.8. The van der Waals surface area contributed by atoms with E-state index in [0.29, 0.717) is 32.0 Å². The number of nitrogens with zero attached hydrogens (tertiary/aromatic N) is 1. The molecule has 3 nitrogen and oxygen atoms in total. The van der Waals surface area contributed by atoms with E-state index < -0.39 is 17.5 Å². The Morgan fingerprint density at radius 2 is 1.75 bits per heavy atom. The van der Waals surface area contributed by atoms with E-state index in [1.165, 1.54) is 0 Å². The number of amides is 1. The number of aliphatic hydroxyl groups excluding tert-OH is 1. The van der Waals surface area contributed by atoms with Crippen LogP contribution in [-0.4, -0.2) is 35.6 Å². The van der Waals surface area contributed by atoms with Gasteiger partial charge in [0.1, 0.15) is 5.82 Å². The van der Waals surface area contributed by atoms with Gasteiger partial charge in [0.15, 0.2) is 11.6 Å². The van der Waals surface area contributed by atoms with Gasteiger partial charge in [0, 0.05) is 31.3 Å². The van der Waals surface area contributed by atoms with Crippen LogP contribution in [0.1, 0.15) is 18.4 Å². The van der Waals surface area contributed by atoms with Crippen LogP contribution in [0.5, 0.6) is 0 Å². The third-order valence-electron chi connectivity index (χ3n) is 3.66. The first-order valence-electron chi connectivity index (χ1n) is 6.53. The molecule has 1 aliphatic rings. The normalized spacial score (nSPS) is 16.5. The predicted octanol–water partition coefficient (Wildman–Crippen LogP) is 1.88. The maximum absolute atomic E-state index is 13.5. The fraction of sp³-hybridized carbons (Fsp3) is 0.500. The molecule has 1 aromatic rings. The molecule has 0 atom stereocenters. The van der Waals surface area contributed by atoms with Crippen molar-refractivity contribution in [1.82, 2.24) is 4.90 Å². The average molecular weight is 287 g/mol. The summed E-state index contributed by atoms with van der Waals surface area (Å²) in [6.07, 6.45) is 1.11. The summed E-state index contributed by atoms with van der Waals surface area (Å²) < 4.78 is 39.3. The number of piperidine rings is 1. The highest BCUT2D eigenvalue weighted by molar-refractivity contribution is 5.78. The van der Waals surface area contributed by atoms with E-state index in [-0.39, 0.29) is 30.4 Å². The van der Waals surface area contributed by atoms with E-state index >= 15 is 0 Å². The molecule has 6 heteroatoms. The smallest absolute Gasteiger partial charge is 0.227 e. The second-order valence-corrected chi connectivity index (χ2v) is 5.04. The molecule has 1 fully saturated rings. The topological polar surface area (TPSA) is 40.5 Å². The number of carbonyl (C=O) groups excluding carboxylic acids is 1. The summed E-state index contributed by atoms with van der Waals surface area (Å²) in [7, 11) is 0. The number of likely N-dealkylation sites (tertiary alicyclic amines) is 1. The zero-order valence-corrected chi connectivity index (χ0v) is 10.9. The SMILES string of the molecule is O=C(Cc1cc(F)c(F)cc1F)N1CCC(CO)CC1. The second kappa shape index (κ2) is 6.26. The van der Waals surface area contributed by atoms with Crippen molar-refractivity contribution in [3.8, 4) is 0 Å². The highest BCUT2D eigenvalue weighted by Crippen LogP contribution is 2.19. The maximum atomic E-state index is 13.5. The molecule has 20 heavy (non-hydrogen) atoms. The van der Waals surface area contributed by atoms with Crippen molar-refractivity contribution in [3.63, 3.8) is 0 Å². The lowest BCUT2D eigenvalue weighted by Gasteiger charge is -2.31. The first-order valence-corrected chi connectivity index (χ1v) is 6.53. The van der Waals surface area contributed by atoms with Crippen molar-refractivity contribution < 1.29 is 23.1 Å². The molecule has 0 aliphatic carbocycles. The van der Waals surface area contributed by atoms with Gasteiger partial charge < -0.3 is 10.0 Å². The minimum atomic E-state index is -1.26. The molecular formula is C14H16F3NO2. The molecule has 1 aliphatic heterocycles. The molecule has 1 N–H and O–H groups in total. The molecule has 1 saturated heterocycles. The van der Waals surface area contributed by atoms with Gasteiger partial charge in [0.2, 0.25) is 5.91 Å². The molecule has 1 aromatic carbocycles. The Kier molecular flexibility index (Phi) is 4.65. The van der Waals surface area contributed by atoms with Gasteiger partial charge in [-0.25, -0.2) is 13.2 Å². The summed E-state index contributed by atoms with van der Waals surface area (Å²) in [4.78, 5) is 13.6. The fourth-order valence-electron chi connectivity index (χ4n) is 2.34. The number of aliphatic hydroxyl groups is 1. The molecule has 1 heterocycles. The van der Waals surface area contributed by atoms with E-state index in [1.54, 1.807) is 4.90 Å². The van der Waals surface area contributed by atoms with Crippen molar-refractivity contribution in [2.45, 2.75) is 19.3 Å². The van der Waals surface area contributed by atoms with Gasteiger partial charge in [0.25, 0.3) is 0 Å². The van der Waals surface area contributed by atoms with Gasteiger partial charge in [-0.1, -0.05) is 0 Å². The summed E-state index contributed by atoms with van der Waals surface area (Å²) in [5.41, 5.74) is -0.141. The lowest BCUT2D eigenvalue weighted by molar-refractivity contribution is -0.132. The monoisotopic (exact) mass is 287 g/mol. The summed E-state index contributed by atoms with van der Waals surface area (Å²) >= 11 is 0. The average Bonchev–Trinajstić information content (AvgIpc) is 2.44. The molecule has 0 unspecified atom stereocenters. The molecule has 2 rings (SSSR count). The van der Waals surface area contributed by atoms with Crippen molar-refractivity contribution in [2.24, 2.45) is 5.92 Å². The molecular weight excluding hydrogens is 271 g/mol. The molecule has 0 aromatic heterocycles. The zero-order valence-electron chi connectivity index (χ0n) is 10.9. The van der Waals surface area contributed by atoms with Crippen molar-refractivity contribution in [2.75, 3.05) is 19.7 Å². The van der Waals surface area contributed by atoms with Gasteiger partial charge in [-0.05, 0) is 24.8 Å². The van der Waals surface area contributed by atoms with Crippen LogP contribution >= 0.6 is 0 Å². The molecule has 0 radical (unpaired) electrons. The van der Waals surface area contributed by atoms with E-state index in [4.69, 9.17) is 5.11 Å². The van der Waals surface area contributed by atoms with E-state index in [2.05, 4.69) is 0 Å². The third-order valence-corrected chi connectivity index (χ3v) is 3.66. The number of carbonyl (C=O) groups is 1. The quantitative estimate of drug-likeness (QED) is 0.862. The lowest BCUT2D eigenvalue weighted by atomic mass is 9.97. The summed E-state index contributed by atoms with van der Waals surface area (Å²) in [6.45, 7) is 1.09. The Morgan fingerprint density at radius 1 is 1.15 bits per heavy atom. The van der Waals surface area contributed by atoms with Crippen molar-refractivity contribution in [1.29, 1.82) is 0 Å². The van der Waals surface area contributed by atoms with Crippen LogP contribution in [0.3, 0.4) is 0 Å². The molecule has 0 saturated carbocycles. The Hall–Kier alpha value is -1.56. The fourth-order valence-corrected chi connectivity index (χ4v) is 2.34. The van der Waals surface area contributed by atoms with Crippen LogP contribution in [0.4, 0.5) is 13.2 Å². The molecule has 0 spiro atoms. The van der Waals surface area contributed by atoms with Crippen molar-refractivity contribution >= 4 is 5.91 Å². The van der Waals surface area contributed by atoms with Crippen LogP contribution in [0.25, 0.3) is 0 Å². The minimum absolute atomic E-state index is 0.0971. The van der Waals surface area contributed by atoms with Crippen LogP contribution in [0, 0.1) is 23.4 Å². The van der Waals surface area contributed by atoms with Gasteiger partial charge >= 0.3 is 0 Å². The van der Waals surface area contributed by atoms with Gasteiger partial charge in [-0.2, -0.15) is 0 Å². The molecule has 110 valence electrons. The zero-order chi connectivity index (χ0) is 14.7. The third kappa shape index (κ3) is 3.30. The van der Waals surface area contributed by atoms with E-state index in [0.717, 1.165) is 6.07 Å². The number of halogens is 3. The Bertz CT molecular complexity index is 499. The lowest BCUT2D eigenvalue weighted by Crippen LogP contribution is -2.40. The standard InChI is InChI=1S/C14H16F3NO2/c15-11-7-13(17)12(16)5-10(11)6-14(20)18-3-1-9(8-19)2-4-18/h5,7,9,19H,1-4,6,8H2. The predicted molar refractivity (Wildman–Crippen MR) is 66.4 cm³/mol. The van der Waals surface area contributed by atoms with Gasteiger partial charge in [-0.15, -0.1) is 0 Å². The van der Waals surface area contributed by atoms with Crippen LogP contribution in [0.15, 0.2) is 12.1 Å².